The Labute approximate surface area is 144 Å². The first kappa shape index (κ1) is 16.4. The minimum atomic E-state index is -3.71. The second-order valence-corrected chi connectivity index (χ2v) is 6.91. The van der Waals surface area contributed by atoms with E-state index in [-0.39, 0.29) is 4.90 Å². The van der Waals surface area contributed by atoms with Crippen LogP contribution in [0.4, 0.5) is 11.6 Å². The van der Waals surface area contributed by atoms with Crippen LogP contribution in [0.15, 0.2) is 65.7 Å². The Balaban J connectivity index is 1.86. The largest absolute Gasteiger partial charge is 0.324 e. The van der Waals surface area contributed by atoms with E-state index in [2.05, 4.69) is 15.3 Å². The van der Waals surface area contributed by atoms with Crippen molar-refractivity contribution in [2.24, 2.45) is 5.14 Å². The van der Waals surface area contributed by atoms with Gasteiger partial charge >= 0.3 is 0 Å². The Bertz CT molecular complexity index is 975. The number of hydrogen-bond donors (Lipinski definition) is 2. The van der Waals surface area contributed by atoms with Crippen LogP contribution in [0.25, 0.3) is 11.3 Å². The monoisotopic (exact) mass is 360 g/mol. The Morgan fingerprint density at radius 3 is 2.38 bits per heavy atom. The van der Waals surface area contributed by atoms with Gasteiger partial charge in [0.05, 0.1) is 10.6 Å². The Morgan fingerprint density at radius 2 is 1.71 bits per heavy atom. The van der Waals surface area contributed by atoms with E-state index in [0.29, 0.717) is 22.4 Å². The van der Waals surface area contributed by atoms with Gasteiger partial charge in [-0.25, -0.2) is 23.5 Å². The summed E-state index contributed by atoms with van der Waals surface area (Å²) >= 11 is 6.18. The van der Waals surface area contributed by atoms with Crippen LogP contribution in [0.2, 0.25) is 5.02 Å². The molecule has 0 unspecified atom stereocenters. The van der Waals surface area contributed by atoms with E-state index < -0.39 is 10.0 Å². The van der Waals surface area contributed by atoms with Crippen LogP contribution in [-0.2, 0) is 10.0 Å². The van der Waals surface area contributed by atoms with Gasteiger partial charge in [-0.3, -0.25) is 0 Å². The van der Waals surface area contributed by atoms with E-state index in [1.807, 2.05) is 18.2 Å². The summed E-state index contributed by atoms with van der Waals surface area (Å²) in [4.78, 5) is 8.61. The number of nitrogens with two attached hydrogens (primary N) is 1. The maximum Gasteiger partial charge on any atom is 0.238 e. The maximum absolute atomic E-state index is 11.3. The maximum atomic E-state index is 11.3. The minimum Gasteiger partial charge on any atom is -0.324 e. The third-order valence-corrected chi connectivity index (χ3v) is 4.50. The van der Waals surface area contributed by atoms with E-state index in [9.17, 15) is 8.42 Å². The summed E-state index contributed by atoms with van der Waals surface area (Å²) in [6, 6.07) is 15.1. The molecule has 0 amide bonds. The van der Waals surface area contributed by atoms with Gasteiger partial charge in [-0.15, -0.1) is 0 Å². The van der Waals surface area contributed by atoms with Gasteiger partial charge in [0, 0.05) is 22.5 Å². The highest BCUT2D eigenvalue weighted by atomic mass is 35.5. The standard InChI is InChI=1S/C16H13ClN4O2S/c17-14-4-2-1-3-13(14)15-9-10-19-16(21-15)20-11-5-7-12(8-6-11)24(18,22)23/h1-10H,(H2,18,22,23)(H,19,20,21). The first-order chi connectivity index (χ1) is 11.4. The molecular formula is C16H13ClN4O2S. The fourth-order valence-corrected chi connectivity index (χ4v) is 2.84. The smallest absolute Gasteiger partial charge is 0.238 e. The summed E-state index contributed by atoms with van der Waals surface area (Å²) in [5, 5.41) is 8.68. The zero-order valence-electron chi connectivity index (χ0n) is 12.3. The highest BCUT2D eigenvalue weighted by Gasteiger charge is 2.08. The molecule has 24 heavy (non-hydrogen) atoms. The van der Waals surface area contributed by atoms with Crippen molar-refractivity contribution in [1.29, 1.82) is 0 Å². The number of nitrogens with one attached hydrogen (secondary N) is 1. The predicted molar refractivity (Wildman–Crippen MR) is 93.6 cm³/mol. The topological polar surface area (TPSA) is 98.0 Å². The molecule has 1 heterocycles. The molecule has 0 fully saturated rings. The predicted octanol–water partition coefficient (Wildman–Crippen LogP) is 3.19. The normalized spacial score (nSPS) is 11.2. The lowest BCUT2D eigenvalue weighted by atomic mass is 10.1. The van der Waals surface area contributed by atoms with E-state index >= 15 is 0 Å². The van der Waals surface area contributed by atoms with Crippen LogP contribution in [0, 0.1) is 0 Å². The van der Waals surface area contributed by atoms with Crippen LogP contribution >= 0.6 is 11.6 Å². The fourth-order valence-electron chi connectivity index (χ4n) is 2.09. The SMILES string of the molecule is NS(=O)(=O)c1ccc(Nc2nccc(-c3ccccc3Cl)n2)cc1. The van der Waals surface area contributed by atoms with Crippen molar-refractivity contribution in [3.8, 4) is 11.3 Å². The molecule has 122 valence electrons. The summed E-state index contributed by atoms with van der Waals surface area (Å²) in [6.07, 6.45) is 1.62. The molecule has 0 spiro atoms. The molecule has 0 aliphatic heterocycles. The van der Waals surface area contributed by atoms with Crippen LogP contribution in [0.3, 0.4) is 0 Å². The first-order valence-electron chi connectivity index (χ1n) is 6.91. The molecule has 0 aliphatic carbocycles. The summed E-state index contributed by atoms with van der Waals surface area (Å²) in [5.41, 5.74) is 2.12. The van der Waals surface area contributed by atoms with Gasteiger partial charge in [0.25, 0.3) is 0 Å². The Hall–Kier alpha value is -2.48. The third-order valence-electron chi connectivity index (χ3n) is 3.24. The minimum absolute atomic E-state index is 0.0405. The number of anilines is 2. The van der Waals surface area contributed by atoms with Crippen LogP contribution in [0.1, 0.15) is 0 Å². The second kappa shape index (κ2) is 6.56. The van der Waals surface area contributed by atoms with Crippen molar-refractivity contribution in [3.63, 3.8) is 0 Å². The lowest BCUT2D eigenvalue weighted by Crippen LogP contribution is -2.11. The number of rotatable bonds is 4. The molecule has 3 N–H and O–H groups in total. The van der Waals surface area contributed by atoms with Gasteiger partial charge in [0.15, 0.2) is 0 Å². The van der Waals surface area contributed by atoms with Crippen molar-refractivity contribution in [2.45, 2.75) is 4.90 Å². The van der Waals surface area contributed by atoms with Crippen molar-refractivity contribution >= 4 is 33.3 Å². The molecule has 0 bridgehead atoms. The quantitative estimate of drug-likeness (QED) is 0.744. The number of primary sulfonamides is 1. The molecule has 0 aliphatic rings. The van der Waals surface area contributed by atoms with Gasteiger partial charge in [0.2, 0.25) is 16.0 Å². The van der Waals surface area contributed by atoms with Crippen LogP contribution in [-0.4, -0.2) is 18.4 Å². The molecule has 0 atom stereocenters. The summed E-state index contributed by atoms with van der Waals surface area (Å²) in [5.74, 6) is 0.371. The van der Waals surface area contributed by atoms with E-state index in [0.717, 1.165) is 5.56 Å². The molecule has 3 rings (SSSR count). The van der Waals surface area contributed by atoms with Crippen molar-refractivity contribution < 1.29 is 8.42 Å². The zero-order valence-corrected chi connectivity index (χ0v) is 13.9. The fraction of sp³-hybridized carbons (Fsp3) is 0. The van der Waals surface area contributed by atoms with E-state index in [1.165, 1.54) is 12.1 Å². The Kier molecular flexibility index (Phi) is 4.48. The first-order valence-corrected chi connectivity index (χ1v) is 8.84. The molecule has 0 saturated heterocycles. The number of sulfonamides is 1. The van der Waals surface area contributed by atoms with Crippen molar-refractivity contribution in [3.05, 3.63) is 65.8 Å². The zero-order chi connectivity index (χ0) is 17.2. The van der Waals surface area contributed by atoms with Gasteiger partial charge in [0.1, 0.15) is 0 Å². The highest BCUT2D eigenvalue weighted by Crippen LogP contribution is 2.26. The lowest BCUT2D eigenvalue weighted by molar-refractivity contribution is 0.598. The van der Waals surface area contributed by atoms with E-state index in [4.69, 9.17) is 16.7 Å². The number of aromatic nitrogens is 2. The molecule has 2 aromatic carbocycles. The number of halogens is 1. The molecule has 6 nitrogen and oxygen atoms in total. The molecule has 1 aromatic heterocycles. The summed E-state index contributed by atoms with van der Waals surface area (Å²) in [6.45, 7) is 0. The molecule has 0 saturated carbocycles. The van der Waals surface area contributed by atoms with Crippen LogP contribution in [0.5, 0.6) is 0 Å². The Morgan fingerprint density at radius 1 is 1.00 bits per heavy atom. The van der Waals surface area contributed by atoms with Gasteiger partial charge < -0.3 is 5.32 Å². The summed E-state index contributed by atoms with van der Waals surface area (Å²) in [7, 11) is -3.71. The van der Waals surface area contributed by atoms with Gasteiger partial charge in [-0.1, -0.05) is 29.8 Å². The van der Waals surface area contributed by atoms with Crippen molar-refractivity contribution in [2.75, 3.05) is 5.32 Å². The molecular weight excluding hydrogens is 348 g/mol. The highest BCUT2D eigenvalue weighted by molar-refractivity contribution is 7.89. The molecule has 8 heteroatoms. The number of hydrogen-bond acceptors (Lipinski definition) is 5. The van der Waals surface area contributed by atoms with E-state index in [1.54, 1.807) is 30.5 Å². The second-order valence-electron chi connectivity index (χ2n) is 4.94. The average molecular weight is 361 g/mol. The number of nitrogens with zero attached hydrogens (tertiary/aromatic N) is 2. The van der Waals surface area contributed by atoms with Crippen LogP contribution < -0.4 is 10.5 Å². The number of benzene rings is 2. The van der Waals surface area contributed by atoms with Gasteiger partial charge in [-0.2, -0.15) is 0 Å². The lowest BCUT2D eigenvalue weighted by Gasteiger charge is -2.08. The molecule has 0 radical (unpaired) electrons. The van der Waals surface area contributed by atoms with Crippen molar-refractivity contribution in [1.82, 2.24) is 9.97 Å². The van der Waals surface area contributed by atoms with Gasteiger partial charge in [-0.05, 0) is 36.4 Å². The average Bonchev–Trinajstić information content (AvgIpc) is 2.55. The molecule has 3 aromatic rings. The summed E-state index contributed by atoms with van der Waals surface area (Å²) < 4.78 is 22.5. The third kappa shape index (κ3) is 3.70.